The Morgan fingerprint density at radius 1 is 1.03 bits per heavy atom. The number of rotatable bonds is 7. The number of likely N-dealkylation sites (tertiary alicyclic amines) is 1. The summed E-state index contributed by atoms with van der Waals surface area (Å²) in [5, 5.41) is 0. The first-order chi connectivity index (χ1) is 15.6. The van der Waals surface area contributed by atoms with E-state index in [9.17, 15) is 4.79 Å². The quantitative estimate of drug-likeness (QED) is 0.620. The summed E-state index contributed by atoms with van der Waals surface area (Å²) in [6, 6.07) is 14.7. The zero-order chi connectivity index (χ0) is 22.3. The topological polar surface area (TPSA) is 39.7 Å². The summed E-state index contributed by atoms with van der Waals surface area (Å²) in [6.07, 6.45) is 10.3. The molecule has 2 aliphatic rings. The monoisotopic (exact) mass is 432 g/mol. The van der Waals surface area contributed by atoms with Crippen LogP contribution in [0.25, 0.3) is 0 Å². The Morgan fingerprint density at radius 2 is 1.81 bits per heavy atom. The Bertz CT molecular complexity index is 903. The smallest absolute Gasteiger partial charge is 0.226 e. The lowest BCUT2D eigenvalue weighted by molar-refractivity contribution is -0.137. The van der Waals surface area contributed by atoms with Gasteiger partial charge in [0.15, 0.2) is 0 Å². The van der Waals surface area contributed by atoms with Gasteiger partial charge in [-0.3, -0.25) is 9.69 Å². The molecule has 5 heteroatoms. The molecule has 0 N–H and O–H groups in total. The molecule has 32 heavy (non-hydrogen) atoms. The molecule has 4 rings (SSSR count). The van der Waals surface area contributed by atoms with Crippen LogP contribution in [0.4, 0.5) is 5.82 Å². The summed E-state index contributed by atoms with van der Waals surface area (Å²) in [6.45, 7) is 4.57. The van der Waals surface area contributed by atoms with Gasteiger partial charge < -0.3 is 9.80 Å². The molecule has 170 valence electrons. The molecule has 1 amide bonds. The van der Waals surface area contributed by atoms with Gasteiger partial charge in [0, 0.05) is 51.4 Å². The summed E-state index contributed by atoms with van der Waals surface area (Å²) < 4.78 is 0. The highest BCUT2D eigenvalue weighted by Gasteiger charge is 2.34. The van der Waals surface area contributed by atoms with E-state index in [1.54, 1.807) is 0 Å². The average molecular weight is 433 g/mol. The maximum absolute atomic E-state index is 13.4. The molecule has 0 spiro atoms. The van der Waals surface area contributed by atoms with E-state index >= 15 is 0 Å². The van der Waals surface area contributed by atoms with Gasteiger partial charge in [0.2, 0.25) is 5.91 Å². The lowest BCUT2D eigenvalue weighted by Gasteiger charge is -2.37. The number of piperidine rings is 1. The number of nitrogens with zero attached hydrogens (tertiary/aromatic N) is 4. The minimum Gasteiger partial charge on any atom is -0.362 e. The van der Waals surface area contributed by atoms with E-state index in [0.29, 0.717) is 11.8 Å². The first kappa shape index (κ1) is 22.5. The molecule has 5 nitrogen and oxygen atoms in total. The number of anilines is 1. The van der Waals surface area contributed by atoms with E-state index in [0.717, 1.165) is 64.2 Å². The third kappa shape index (κ3) is 5.57. The molecule has 1 aromatic heterocycles. The number of carbonyl (C=O) groups is 1. The number of carbonyl (C=O) groups excluding carboxylic acids is 1. The summed E-state index contributed by atoms with van der Waals surface area (Å²) in [5.41, 5.74) is 2.57. The average Bonchev–Trinajstić information content (AvgIpc) is 3.00. The van der Waals surface area contributed by atoms with Crippen molar-refractivity contribution in [2.75, 3.05) is 45.2 Å². The van der Waals surface area contributed by atoms with Gasteiger partial charge in [0.1, 0.15) is 5.82 Å². The van der Waals surface area contributed by atoms with Gasteiger partial charge in [-0.05, 0) is 56.3 Å². The Morgan fingerprint density at radius 3 is 2.56 bits per heavy atom. The molecular formula is C27H36N4O. The summed E-state index contributed by atoms with van der Waals surface area (Å²) >= 11 is 0. The second-order valence-corrected chi connectivity index (χ2v) is 9.33. The van der Waals surface area contributed by atoms with Crippen LogP contribution in [0.2, 0.25) is 0 Å². The number of pyridine rings is 1. The number of hydrogen-bond acceptors (Lipinski definition) is 4. The Labute approximate surface area is 192 Å². The number of allylic oxidation sites excluding steroid dienone is 1. The molecule has 1 aromatic carbocycles. The van der Waals surface area contributed by atoms with Gasteiger partial charge in [-0.15, -0.1) is 0 Å². The van der Waals surface area contributed by atoms with Gasteiger partial charge in [0.05, 0.1) is 0 Å². The van der Waals surface area contributed by atoms with Crippen LogP contribution in [0.5, 0.6) is 0 Å². The minimum absolute atomic E-state index is 0.127. The fourth-order valence-corrected chi connectivity index (χ4v) is 5.08. The Balaban J connectivity index is 1.33. The Kier molecular flexibility index (Phi) is 7.59. The van der Waals surface area contributed by atoms with Gasteiger partial charge in [-0.25, -0.2) is 4.98 Å². The van der Waals surface area contributed by atoms with Crippen molar-refractivity contribution in [2.45, 2.75) is 32.2 Å². The molecule has 1 unspecified atom stereocenters. The molecule has 1 fully saturated rings. The van der Waals surface area contributed by atoms with E-state index in [1.165, 1.54) is 11.1 Å². The van der Waals surface area contributed by atoms with Crippen LogP contribution in [0.15, 0.2) is 60.8 Å². The lowest BCUT2D eigenvalue weighted by Crippen LogP contribution is -2.43. The highest BCUT2D eigenvalue weighted by Crippen LogP contribution is 2.31. The second kappa shape index (κ2) is 10.8. The van der Waals surface area contributed by atoms with E-state index in [4.69, 9.17) is 0 Å². The van der Waals surface area contributed by atoms with Crippen molar-refractivity contribution < 1.29 is 4.79 Å². The first-order valence-electron chi connectivity index (χ1n) is 11.9. The van der Waals surface area contributed by atoms with Gasteiger partial charge in [-0.1, -0.05) is 48.6 Å². The Hall–Kier alpha value is -2.66. The third-order valence-corrected chi connectivity index (χ3v) is 6.91. The van der Waals surface area contributed by atoms with Gasteiger partial charge in [-0.2, -0.15) is 0 Å². The van der Waals surface area contributed by atoms with Crippen molar-refractivity contribution >= 4 is 11.7 Å². The van der Waals surface area contributed by atoms with E-state index in [-0.39, 0.29) is 5.92 Å². The largest absolute Gasteiger partial charge is 0.362 e. The number of hydrogen-bond donors (Lipinski definition) is 0. The molecule has 0 radical (unpaired) electrons. The molecule has 2 aromatic rings. The maximum Gasteiger partial charge on any atom is 0.226 e. The zero-order valence-corrected chi connectivity index (χ0v) is 19.5. The van der Waals surface area contributed by atoms with Gasteiger partial charge >= 0.3 is 0 Å². The van der Waals surface area contributed by atoms with E-state index in [1.807, 2.05) is 32.4 Å². The van der Waals surface area contributed by atoms with E-state index < -0.39 is 0 Å². The number of benzene rings is 1. The van der Waals surface area contributed by atoms with Crippen LogP contribution >= 0.6 is 0 Å². The maximum atomic E-state index is 13.4. The highest BCUT2D eigenvalue weighted by atomic mass is 16.2. The number of aromatic nitrogens is 1. The highest BCUT2D eigenvalue weighted by molar-refractivity contribution is 5.80. The molecule has 0 saturated carbocycles. The third-order valence-electron chi connectivity index (χ3n) is 6.91. The van der Waals surface area contributed by atoms with Crippen molar-refractivity contribution in [1.82, 2.24) is 14.8 Å². The van der Waals surface area contributed by atoms with Crippen LogP contribution in [0, 0.1) is 11.8 Å². The van der Waals surface area contributed by atoms with Crippen molar-refractivity contribution in [3.8, 4) is 0 Å². The lowest BCUT2D eigenvalue weighted by atomic mass is 9.81. The van der Waals surface area contributed by atoms with Crippen molar-refractivity contribution in [2.24, 2.45) is 11.8 Å². The molecule has 1 atom stereocenters. The van der Waals surface area contributed by atoms with Crippen LogP contribution in [-0.4, -0.2) is 61.0 Å². The molecule has 1 saturated heterocycles. The fraction of sp³-hybridized carbons (Fsp3) is 0.481. The van der Waals surface area contributed by atoms with Crippen molar-refractivity contribution in [3.05, 3.63) is 71.9 Å². The van der Waals surface area contributed by atoms with Crippen LogP contribution in [0.1, 0.15) is 30.4 Å². The normalized spacial score (nSPS) is 20.4. The minimum atomic E-state index is 0.127. The second-order valence-electron chi connectivity index (χ2n) is 9.33. The molecule has 2 aliphatic heterocycles. The van der Waals surface area contributed by atoms with Crippen molar-refractivity contribution in [1.29, 1.82) is 0 Å². The molecule has 3 heterocycles. The van der Waals surface area contributed by atoms with Crippen LogP contribution in [0.3, 0.4) is 0 Å². The summed E-state index contributed by atoms with van der Waals surface area (Å²) in [5.74, 6) is 2.00. The van der Waals surface area contributed by atoms with Crippen LogP contribution in [-0.2, 0) is 17.8 Å². The SMILES string of the molecule is CN(C)c1ncccc1CN1CCC(C2CC=CCN(CCc3ccccc3)C2=O)CC1. The molecular weight excluding hydrogens is 396 g/mol. The number of amides is 1. The van der Waals surface area contributed by atoms with E-state index in [2.05, 4.69) is 62.2 Å². The van der Waals surface area contributed by atoms with Crippen LogP contribution < -0.4 is 4.90 Å². The zero-order valence-electron chi connectivity index (χ0n) is 19.5. The standard InChI is InChI=1S/C27H36N4O/c1-29(2)26-24(11-8-16-28-26)21-30-18-14-23(15-19-30)25-12-6-7-17-31(27(25)32)20-13-22-9-4-3-5-10-22/h3-11,16,23,25H,12-15,17-21H2,1-2H3. The molecule has 0 aliphatic carbocycles. The predicted molar refractivity (Wildman–Crippen MR) is 131 cm³/mol. The van der Waals surface area contributed by atoms with Gasteiger partial charge in [0.25, 0.3) is 0 Å². The molecule has 0 bridgehead atoms. The summed E-state index contributed by atoms with van der Waals surface area (Å²) in [4.78, 5) is 24.6. The summed E-state index contributed by atoms with van der Waals surface area (Å²) in [7, 11) is 4.10. The van der Waals surface area contributed by atoms with Crippen molar-refractivity contribution in [3.63, 3.8) is 0 Å². The predicted octanol–water partition coefficient (Wildman–Crippen LogP) is 4.01. The first-order valence-corrected chi connectivity index (χ1v) is 11.9. The fourth-order valence-electron chi connectivity index (χ4n) is 5.08.